The van der Waals surface area contributed by atoms with Gasteiger partial charge in [-0.1, -0.05) is 6.92 Å². The van der Waals surface area contributed by atoms with Crippen LogP contribution in [-0.4, -0.2) is 63.4 Å². The average molecular weight is 289 g/mol. The Labute approximate surface area is 115 Å². The van der Waals surface area contributed by atoms with E-state index in [0.717, 1.165) is 13.1 Å². The molecule has 0 bridgehead atoms. The molecule has 0 aliphatic carbocycles. The second kappa shape index (κ2) is 7.59. The molecule has 0 aliphatic heterocycles. The SMILES string of the molecule is CCN(C)CCNS(=O)(=O)c1cnn(CCNC)c1. The maximum absolute atomic E-state index is 12.0. The van der Waals surface area contributed by atoms with E-state index in [-0.39, 0.29) is 4.90 Å². The number of hydrogen-bond acceptors (Lipinski definition) is 5. The summed E-state index contributed by atoms with van der Waals surface area (Å²) < 4.78 is 28.2. The second-order valence-corrected chi connectivity index (χ2v) is 6.10. The first kappa shape index (κ1) is 16.1. The van der Waals surface area contributed by atoms with Crippen LogP contribution in [0, 0.1) is 0 Å². The van der Waals surface area contributed by atoms with Gasteiger partial charge in [-0.15, -0.1) is 0 Å². The van der Waals surface area contributed by atoms with E-state index in [2.05, 4.69) is 15.1 Å². The highest BCUT2D eigenvalue weighted by molar-refractivity contribution is 7.89. The molecule has 0 spiro atoms. The molecule has 1 rings (SSSR count). The van der Waals surface area contributed by atoms with Crippen molar-refractivity contribution in [2.75, 3.05) is 40.3 Å². The molecule has 0 saturated carbocycles. The molecule has 0 radical (unpaired) electrons. The summed E-state index contributed by atoms with van der Waals surface area (Å²) in [4.78, 5) is 2.25. The van der Waals surface area contributed by atoms with Gasteiger partial charge in [0.15, 0.2) is 0 Å². The van der Waals surface area contributed by atoms with Crippen LogP contribution >= 0.6 is 0 Å². The average Bonchev–Trinajstić information content (AvgIpc) is 2.85. The molecular formula is C11H23N5O2S. The number of likely N-dealkylation sites (N-methyl/N-ethyl adjacent to an activating group) is 2. The van der Waals surface area contributed by atoms with Gasteiger partial charge in [0.1, 0.15) is 4.90 Å². The third kappa shape index (κ3) is 5.27. The van der Waals surface area contributed by atoms with Crippen LogP contribution in [0.25, 0.3) is 0 Å². The van der Waals surface area contributed by atoms with E-state index < -0.39 is 10.0 Å². The summed E-state index contributed by atoms with van der Waals surface area (Å²) in [5.74, 6) is 0. The lowest BCUT2D eigenvalue weighted by Gasteiger charge is -2.13. The zero-order chi connectivity index (χ0) is 14.3. The van der Waals surface area contributed by atoms with Crippen molar-refractivity contribution in [2.45, 2.75) is 18.4 Å². The Kier molecular flexibility index (Phi) is 6.43. The van der Waals surface area contributed by atoms with E-state index in [1.54, 1.807) is 10.9 Å². The standard InChI is InChI=1S/C11H23N5O2S/c1-4-15(3)7-6-14-19(17,18)11-9-13-16(10-11)8-5-12-2/h9-10,12,14H,4-8H2,1-3H3. The third-order valence-corrected chi connectivity index (χ3v) is 4.25. The first-order chi connectivity index (χ1) is 8.99. The molecule has 1 aromatic rings. The zero-order valence-corrected chi connectivity index (χ0v) is 12.6. The van der Waals surface area contributed by atoms with Gasteiger partial charge in [0.2, 0.25) is 10.0 Å². The first-order valence-electron chi connectivity index (χ1n) is 6.35. The molecule has 110 valence electrons. The molecule has 0 aliphatic rings. The summed E-state index contributed by atoms with van der Waals surface area (Å²) in [5, 5.41) is 7.01. The van der Waals surface area contributed by atoms with Crippen molar-refractivity contribution in [3.8, 4) is 0 Å². The Hall–Kier alpha value is -0.960. The molecule has 7 nitrogen and oxygen atoms in total. The minimum absolute atomic E-state index is 0.211. The van der Waals surface area contributed by atoms with Crippen molar-refractivity contribution in [1.29, 1.82) is 0 Å². The molecule has 19 heavy (non-hydrogen) atoms. The molecule has 8 heteroatoms. The lowest BCUT2D eigenvalue weighted by atomic mass is 10.5. The Bertz CT molecular complexity index is 471. The van der Waals surface area contributed by atoms with Crippen molar-refractivity contribution in [1.82, 2.24) is 24.7 Å². The fourth-order valence-corrected chi connectivity index (χ4v) is 2.42. The van der Waals surface area contributed by atoms with Gasteiger partial charge in [-0.3, -0.25) is 4.68 Å². The molecule has 0 amide bonds. The number of nitrogens with zero attached hydrogens (tertiary/aromatic N) is 3. The van der Waals surface area contributed by atoms with E-state index in [9.17, 15) is 8.42 Å². The highest BCUT2D eigenvalue weighted by Gasteiger charge is 2.15. The van der Waals surface area contributed by atoms with Crippen LogP contribution in [-0.2, 0) is 16.6 Å². The molecule has 0 unspecified atom stereocenters. The summed E-state index contributed by atoms with van der Waals surface area (Å²) in [6.45, 7) is 5.39. The summed E-state index contributed by atoms with van der Waals surface area (Å²) in [5.41, 5.74) is 0. The maximum atomic E-state index is 12.0. The Morgan fingerprint density at radius 1 is 1.42 bits per heavy atom. The fraction of sp³-hybridized carbons (Fsp3) is 0.727. The van der Waals surface area contributed by atoms with E-state index in [1.807, 2.05) is 25.9 Å². The number of hydrogen-bond donors (Lipinski definition) is 2. The summed E-state index contributed by atoms with van der Waals surface area (Å²) >= 11 is 0. The molecule has 2 N–H and O–H groups in total. The molecule has 1 heterocycles. The van der Waals surface area contributed by atoms with E-state index in [4.69, 9.17) is 0 Å². The zero-order valence-electron chi connectivity index (χ0n) is 11.8. The van der Waals surface area contributed by atoms with Gasteiger partial charge in [0.05, 0.1) is 12.7 Å². The molecule has 0 saturated heterocycles. The smallest absolute Gasteiger partial charge is 0.243 e. The quantitative estimate of drug-likeness (QED) is 0.630. The number of aromatic nitrogens is 2. The van der Waals surface area contributed by atoms with Gasteiger partial charge < -0.3 is 10.2 Å². The molecule has 0 aromatic carbocycles. The number of rotatable bonds is 9. The summed E-state index contributed by atoms with van der Waals surface area (Å²) in [6, 6.07) is 0. The monoisotopic (exact) mass is 289 g/mol. The van der Waals surface area contributed by atoms with E-state index in [1.165, 1.54) is 6.20 Å². The van der Waals surface area contributed by atoms with Crippen molar-refractivity contribution < 1.29 is 8.42 Å². The van der Waals surface area contributed by atoms with Crippen molar-refractivity contribution in [3.63, 3.8) is 0 Å². The lowest BCUT2D eigenvalue weighted by molar-refractivity contribution is 0.358. The van der Waals surface area contributed by atoms with Gasteiger partial charge >= 0.3 is 0 Å². The van der Waals surface area contributed by atoms with Gasteiger partial charge in [-0.2, -0.15) is 5.10 Å². The maximum Gasteiger partial charge on any atom is 0.243 e. The minimum Gasteiger partial charge on any atom is -0.318 e. The highest BCUT2D eigenvalue weighted by atomic mass is 32.2. The first-order valence-corrected chi connectivity index (χ1v) is 7.83. The van der Waals surface area contributed by atoms with Crippen LogP contribution in [0.1, 0.15) is 6.92 Å². The Morgan fingerprint density at radius 3 is 2.79 bits per heavy atom. The lowest BCUT2D eigenvalue weighted by Crippen LogP contribution is -2.32. The summed E-state index contributed by atoms with van der Waals surface area (Å²) in [6.07, 6.45) is 2.92. The van der Waals surface area contributed by atoms with Crippen molar-refractivity contribution >= 4 is 10.0 Å². The highest BCUT2D eigenvalue weighted by Crippen LogP contribution is 2.06. The van der Waals surface area contributed by atoms with Crippen LogP contribution in [0.3, 0.4) is 0 Å². The number of nitrogens with one attached hydrogen (secondary N) is 2. The topological polar surface area (TPSA) is 79.3 Å². The fourth-order valence-electron chi connectivity index (χ4n) is 1.44. The van der Waals surface area contributed by atoms with Crippen molar-refractivity contribution in [3.05, 3.63) is 12.4 Å². The van der Waals surface area contributed by atoms with Crippen LogP contribution in [0.4, 0.5) is 0 Å². The van der Waals surface area contributed by atoms with Crippen molar-refractivity contribution in [2.24, 2.45) is 0 Å². The third-order valence-electron chi connectivity index (χ3n) is 2.84. The van der Waals surface area contributed by atoms with Gasteiger partial charge in [0, 0.05) is 25.8 Å². The van der Waals surface area contributed by atoms with Gasteiger partial charge in [-0.05, 0) is 20.6 Å². The van der Waals surface area contributed by atoms with Crippen LogP contribution < -0.4 is 10.0 Å². The predicted molar refractivity (Wildman–Crippen MR) is 74.5 cm³/mol. The van der Waals surface area contributed by atoms with Gasteiger partial charge in [0.25, 0.3) is 0 Å². The minimum atomic E-state index is -3.45. The van der Waals surface area contributed by atoms with E-state index >= 15 is 0 Å². The Morgan fingerprint density at radius 2 is 2.16 bits per heavy atom. The normalized spacial score (nSPS) is 12.2. The number of sulfonamides is 1. The van der Waals surface area contributed by atoms with Gasteiger partial charge in [-0.25, -0.2) is 13.1 Å². The second-order valence-electron chi connectivity index (χ2n) is 4.34. The predicted octanol–water partition coefficient (Wildman–Crippen LogP) is -0.667. The Balaban J connectivity index is 2.54. The molecular weight excluding hydrogens is 266 g/mol. The largest absolute Gasteiger partial charge is 0.318 e. The molecule has 1 aromatic heterocycles. The van der Waals surface area contributed by atoms with Crippen LogP contribution in [0.5, 0.6) is 0 Å². The van der Waals surface area contributed by atoms with E-state index in [0.29, 0.717) is 19.6 Å². The summed E-state index contributed by atoms with van der Waals surface area (Å²) in [7, 11) is 0.340. The molecule has 0 atom stereocenters. The van der Waals surface area contributed by atoms with Crippen LogP contribution in [0.15, 0.2) is 17.3 Å². The molecule has 0 fully saturated rings. The van der Waals surface area contributed by atoms with Crippen LogP contribution in [0.2, 0.25) is 0 Å².